The highest BCUT2D eigenvalue weighted by atomic mass is 79.9. The first-order valence-corrected chi connectivity index (χ1v) is 7.79. The Morgan fingerprint density at radius 3 is 2.86 bits per heavy atom. The quantitative estimate of drug-likeness (QED) is 0.706. The first-order chi connectivity index (χ1) is 10.2. The third-order valence-corrected chi connectivity index (χ3v) is 4.14. The number of benzene rings is 1. The van der Waals surface area contributed by atoms with Gasteiger partial charge in [0.25, 0.3) is 0 Å². The molecule has 0 aliphatic rings. The van der Waals surface area contributed by atoms with E-state index in [1.165, 1.54) is 5.69 Å². The van der Waals surface area contributed by atoms with Crippen LogP contribution in [0.3, 0.4) is 0 Å². The maximum absolute atomic E-state index is 5.48. The van der Waals surface area contributed by atoms with Crippen molar-refractivity contribution < 1.29 is 4.74 Å². The van der Waals surface area contributed by atoms with Crippen molar-refractivity contribution >= 4 is 21.6 Å². The summed E-state index contributed by atoms with van der Waals surface area (Å²) in [6.45, 7) is 2.14. The van der Waals surface area contributed by atoms with Crippen LogP contribution in [-0.4, -0.2) is 16.5 Å². The molecule has 108 valence electrons. The fourth-order valence-electron chi connectivity index (χ4n) is 2.63. The minimum atomic E-state index is 0.803. The summed E-state index contributed by atoms with van der Waals surface area (Å²) in [5.41, 5.74) is 4.53. The van der Waals surface area contributed by atoms with Crippen molar-refractivity contribution in [1.82, 2.24) is 9.38 Å². The van der Waals surface area contributed by atoms with Gasteiger partial charge in [-0.05, 0) is 36.8 Å². The fourth-order valence-corrected chi connectivity index (χ4v) is 3.04. The topological polar surface area (TPSA) is 26.5 Å². The Morgan fingerprint density at radius 1 is 1.24 bits per heavy atom. The molecule has 0 spiro atoms. The summed E-state index contributed by atoms with van der Waals surface area (Å²) in [4.78, 5) is 4.72. The number of hydrogen-bond donors (Lipinski definition) is 0. The highest BCUT2D eigenvalue weighted by Crippen LogP contribution is 2.27. The molecule has 0 fully saturated rings. The molecule has 0 radical (unpaired) electrons. The van der Waals surface area contributed by atoms with Gasteiger partial charge in [-0.1, -0.05) is 28.9 Å². The van der Waals surface area contributed by atoms with Gasteiger partial charge in [-0.25, -0.2) is 4.98 Å². The number of nitrogens with zero attached hydrogens (tertiary/aromatic N) is 2. The van der Waals surface area contributed by atoms with Crippen molar-refractivity contribution in [2.24, 2.45) is 0 Å². The van der Waals surface area contributed by atoms with Crippen LogP contribution < -0.4 is 4.74 Å². The molecule has 0 saturated heterocycles. The molecule has 0 atom stereocenters. The van der Waals surface area contributed by atoms with E-state index in [-0.39, 0.29) is 0 Å². The fraction of sp³-hybridized carbons (Fsp3) is 0.235. The van der Waals surface area contributed by atoms with Gasteiger partial charge in [0.05, 0.1) is 18.5 Å². The first kappa shape index (κ1) is 14.1. The Labute approximate surface area is 132 Å². The van der Waals surface area contributed by atoms with Gasteiger partial charge in [0, 0.05) is 22.7 Å². The van der Waals surface area contributed by atoms with Crippen molar-refractivity contribution in [3.8, 4) is 5.75 Å². The van der Waals surface area contributed by atoms with Crippen LogP contribution in [0.1, 0.15) is 23.9 Å². The SMILES string of the molecule is CCc1nc2ccccn2c1Cc1cc(Br)ccc1OC. The van der Waals surface area contributed by atoms with E-state index in [0.717, 1.165) is 40.0 Å². The maximum atomic E-state index is 5.48. The monoisotopic (exact) mass is 344 g/mol. The van der Waals surface area contributed by atoms with Crippen LogP contribution in [0.25, 0.3) is 5.65 Å². The average Bonchev–Trinajstić information content (AvgIpc) is 2.86. The number of aromatic nitrogens is 2. The molecule has 0 amide bonds. The molecule has 1 aromatic carbocycles. The Balaban J connectivity index is 2.11. The number of fused-ring (bicyclic) bond motifs is 1. The van der Waals surface area contributed by atoms with Gasteiger partial charge in [-0.2, -0.15) is 0 Å². The van der Waals surface area contributed by atoms with E-state index in [0.29, 0.717) is 0 Å². The van der Waals surface area contributed by atoms with Gasteiger partial charge in [0.1, 0.15) is 11.4 Å². The van der Waals surface area contributed by atoms with Crippen LogP contribution in [0.4, 0.5) is 0 Å². The number of imidazole rings is 1. The Morgan fingerprint density at radius 2 is 2.10 bits per heavy atom. The van der Waals surface area contributed by atoms with Crippen LogP contribution in [0.15, 0.2) is 47.1 Å². The molecule has 2 aromatic heterocycles. The summed E-state index contributed by atoms with van der Waals surface area (Å²) >= 11 is 3.54. The molecule has 0 aliphatic heterocycles. The predicted molar refractivity (Wildman–Crippen MR) is 88.1 cm³/mol. The third-order valence-electron chi connectivity index (χ3n) is 3.65. The smallest absolute Gasteiger partial charge is 0.137 e. The second-order valence-electron chi connectivity index (χ2n) is 4.92. The molecule has 3 aromatic rings. The van der Waals surface area contributed by atoms with E-state index in [1.54, 1.807) is 7.11 Å². The third kappa shape index (κ3) is 2.68. The minimum Gasteiger partial charge on any atom is -0.496 e. The number of halogens is 1. The molecular formula is C17H17BrN2O. The Kier molecular flexibility index (Phi) is 3.97. The average molecular weight is 345 g/mol. The summed E-state index contributed by atoms with van der Waals surface area (Å²) in [7, 11) is 1.71. The molecule has 0 aliphatic carbocycles. The number of pyridine rings is 1. The summed E-state index contributed by atoms with van der Waals surface area (Å²) in [6, 6.07) is 12.2. The van der Waals surface area contributed by atoms with Crippen molar-refractivity contribution in [1.29, 1.82) is 0 Å². The van der Waals surface area contributed by atoms with Gasteiger partial charge in [0.15, 0.2) is 0 Å². The summed E-state index contributed by atoms with van der Waals surface area (Å²) in [5, 5.41) is 0. The molecule has 4 heteroatoms. The lowest BCUT2D eigenvalue weighted by Gasteiger charge is -2.10. The van der Waals surface area contributed by atoms with Crippen LogP contribution in [-0.2, 0) is 12.8 Å². The van der Waals surface area contributed by atoms with E-state index >= 15 is 0 Å². The maximum Gasteiger partial charge on any atom is 0.137 e. The van der Waals surface area contributed by atoms with Gasteiger partial charge in [0.2, 0.25) is 0 Å². The van der Waals surface area contributed by atoms with E-state index in [9.17, 15) is 0 Å². The van der Waals surface area contributed by atoms with Gasteiger partial charge < -0.3 is 9.14 Å². The molecule has 21 heavy (non-hydrogen) atoms. The van der Waals surface area contributed by atoms with Crippen molar-refractivity contribution in [2.75, 3.05) is 7.11 Å². The lowest BCUT2D eigenvalue weighted by Crippen LogP contribution is -2.00. The number of methoxy groups -OCH3 is 1. The largest absolute Gasteiger partial charge is 0.496 e. The highest BCUT2D eigenvalue weighted by Gasteiger charge is 2.13. The van der Waals surface area contributed by atoms with Crippen LogP contribution in [0.2, 0.25) is 0 Å². The zero-order valence-corrected chi connectivity index (χ0v) is 13.7. The lowest BCUT2D eigenvalue weighted by molar-refractivity contribution is 0.410. The zero-order valence-electron chi connectivity index (χ0n) is 12.1. The summed E-state index contributed by atoms with van der Waals surface area (Å²) in [6.07, 6.45) is 3.80. The van der Waals surface area contributed by atoms with Crippen LogP contribution in [0.5, 0.6) is 5.75 Å². The number of hydrogen-bond acceptors (Lipinski definition) is 2. The standard InChI is InChI=1S/C17H17BrN2O/c1-3-14-15(20-9-5-4-6-17(20)19-14)11-12-10-13(18)7-8-16(12)21-2/h4-10H,3,11H2,1-2H3. The molecule has 0 bridgehead atoms. The predicted octanol–water partition coefficient (Wildman–Crippen LogP) is 4.26. The normalized spacial score (nSPS) is 11.0. The zero-order chi connectivity index (χ0) is 14.8. The lowest BCUT2D eigenvalue weighted by atomic mass is 10.1. The van der Waals surface area contributed by atoms with Gasteiger partial charge in [-0.3, -0.25) is 0 Å². The molecule has 0 unspecified atom stereocenters. The molecular weight excluding hydrogens is 328 g/mol. The van der Waals surface area contributed by atoms with Gasteiger partial charge >= 0.3 is 0 Å². The summed E-state index contributed by atoms with van der Waals surface area (Å²) in [5.74, 6) is 0.908. The van der Waals surface area contributed by atoms with E-state index in [4.69, 9.17) is 9.72 Å². The number of rotatable bonds is 4. The molecule has 3 rings (SSSR count). The van der Waals surface area contributed by atoms with Crippen LogP contribution in [0, 0.1) is 0 Å². The van der Waals surface area contributed by atoms with Crippen LogP contribution >= 0.6 is 15.9 Å². The van der Waals surface area contributed by atoms with Crippen molar-refractivity contribution in [3.05, 3.63) is 64.0 Å². The minimum absolute atomic E-state index is 0.803. The molecule has 0 saturated carbocycles. The highest BCUT2D eigenvalue weighted by molar-refractivity contribution is 9.10. The number of ether oxygens (including phenoxy) is 1. The van der Waals surface area contributed by atoms with E-state index < -0.39 is 0 Å². The number of aryl methyl sites for hydroxylation is 1. The molecule has 3 nitrogen and oxygen atoms in total. The Hall–Kier alpha value is -1.81. The van der Waals surface area contributed by atoms with Gasteiger partial charge in [-0.15, -0.1) is 0 Å². The van der Waals surface area contributed by atoms with E-state index in [1.807, 2.05) is 30.3 Å². The second kappa shape index (κ2) is 5.90. The van der Waals surface area contributed by atoms with Crippen molar-refractivity contribution in [3.63, 3.8) is 0 Å². The van der Waals surface area contributed by atoms with E-state index in [2.05, 4.69) is 39.5 Å². The second-order valence-corrected chi connectivity index (χ2v) is 5.84. The molecule has 0 N–H and O–H groups in total. The molecule has 2 heterocycles. The Bertz CT molecular complexity index is 780. The van der Waals surface area contributed by atoms with Crippen molar-refractivity contribution in [2.45, 2.75) is 19.8 Å². The first-order valence-electron chi connectivity index (χ1n) is 7.00. The summed E-state index contributed by atoms with van der Waals surface area (Å²) < 4.78 is 8.71.